The molecule has 0 aromatic heterocycles. The highest BCUT2D eigenvalue weighted by molar-refractivity contribution is 6.32. The van der Waals surface area contributed by atoms with Gasteiger partial charge in [0.1, 0.15) is 5.60 Å². The van der Waals surface area contributed by atoms with Gasteiger partial charge in [0.25, 0.3) is 0 Å². The van der Waals surface area contributed by atoms with Crippen LogP contribution in [-0.4, -0.2) is 30.5 Å². The fraction of sp³-hybridized carbons (Fsp3) is 0.400. The summed E-state index contributed by atoms with van der Waals surface area (Å²) in [5, 5.41) is 12.4. The monoisotopic (exact) mass is 313 g/mol. The average Bonchev–Trinajstić information content (AvgIpc) is 2.36. The molecule has 1 aromatic rings. The summed E-state index contributed by atoms with van der Waals surface area (Å²) < 4.78 is 10.1. The van der Waals surface area contributed by atoms with Gasteiger partial charge in [-0.1, -0.05) is 23.8 Å². The molecule has 6 heteroatoms. The smallest absolute Gasteiger partial charge is 0.407 e. The Bertz CT molecular complexity index is 535. The van der Waals surface area contributed by atoms with Gasteiger partial charge in [-0.3, -0.25) is 0 Å². The Hall–Kier alpha value is -1.88. The Balaban J connectivity index is 2.58. The molecule has 1 amide bonds. The molecule has 0 fully saturated rings. The van der Waals surface area contributed by atoms with E-state index >= 15 is 0 Å². The molecule has 0 bridgehead atoms. The molecule has 0 aliphatic carbocycles. The quantitative estimate of drug-likeness (QED) is 0.891. The molecule has 21 heavy (non-hydrogen) atoms. The Kier molecular flexibility index (Phi) is 5.90. The number of ether oxygens (including phenoxy) is 2. The van der Waals surface area contributed by atoms with Crippen LogP contribution < -0.4 is 10.1 Å². The zero-order chi connectivity index (χ0) is 16.0. The van der Waals surface area contributed by atoms with Crippen molar-refractivity contribution in [3.63, 3.8) is 0 Å². The SMILES string of the molecule is COc1cc(C=CCNC(=O)OC(C)(C)C)cc(Cl)c1O. The lowest BCUT2D eigenvalue weighted by Crippen LogP contribution is -2.32. The van der Waals surface area contributed by atoms with Gasteiger partial charge >= 0.3 is 6.09 Å². The number of methoxy groups -OCH3 is 1. The first-order valence-electron chi connectivity index (χ1n) is 6.43. The van der Waals surface area contributed by atoms with Gasteiger partial charge in [-0.25, -0.2) is 4.79 Å². The highest BCUT2D eigenvalue weighted by Gasteiger charge is 2.15. The molecule has 0 atom stereocenters. The number of phenolic OH excluding ortho intramolecular Hbond substituents is 1. The van der Waals surface area contributed by atoms with Crippen molar-refractivity contribution in [2.75, 3.05) is 13.7 Å². The first-order chi connectivity index (χ1) is 9.73. The maximum atomic E-state index is 11.4. The van der Waals surface area contributed by atoms with E-state index in [4.69, 9.17) is 21.1 Å². The van der Waals surface area contributed by atoms with Crippen LogP contribution in [0.15, 0.2) is 18.2 Å². The van der Waals surface area contributed by atoms with E-state index in [1.807, 2.05) is 0 Å². The zero-order valence-corrected chi connectivity index (χ0v) is 13.3. The van der Waals surface area contributed by atoms with Gasteiger partial charge in [-0.15, -0.1) is 0 Å². The fourth-order valence-electron chi connectivity index (χ4n) is 1.50. The summed E-state index contributed by atoms with van der Waals surface area (Å²) in [6, 6.07) is 3.24. The lowest BCUT2D eigenvalue weighted by molar-refractivity contribution is 0.0534. The highest BCUT2D eigenvalue weighted by atomic mass is 35.5. The van der Waals surface area contributed by atoms with Crippen LogP contribution in [-0.2, 0) is 4.74 Å². The number of halogens is 1. The molecule has 0 radical (unpaired) electrons. The van der Waals surface area contributed by atoms with Gasteiger partial charge in [-0.05, 0) is 38.5 Å². The number of phenols is 1. The van der Waals surface area contributed by atoms with E-state index in [1.54, 1.807) is 45.1 Å². The Labute approximate surface area is 129 Å². The van der Waals surface area contributed by atoms with Gasteiger partial charge in [0.05, 0.1) is 12.1 Å². The Morgan fingerprint density at radius 1 is 1.43 bits per heavy atom. The van der Waals surface area contributed by atoms with E-state index in [0.717, 1.165) is 5.56 Å². The number of nitrogens with one attached hydrogen (secondary N) is 1. The maximum Gasteiger partial charge on any atom is 0.407 e. The van der Waals surface area contributed by atoms with E-state index in [9.17, 15) is 9.90 Å². The number of amides is 1. The molecular formula is C15H20ClNO4. The minimum absolute atomic E-state index is 0.0943. The molecule has 0 saturated carbocycles. The van der Waals surface area contributed by atoms with E-state index in [-0.39, 0.29) is 10.8 Å². The third-order valence-electron chi connectivity index (χ3n) is 2.34. The Morgan fingerprint density at radius 2 is 2.10 bits per heavy atom. The fourth-order valence-corrected chi connectivity index (χ4v) is 1.72. The number of hydrogen-bond acceptors (Lipinski definition) is 4. The van der Waals surface area contributed by atoms with Gasteiger partial charge < -0.3 is 19.9 Å². The first-order valence-corrected chi connectivity index (χ1v) is 6.80. The summed E-state index contributed by atoms with van der Waals surface area (Å²) in [4.78, 5) is 11.4. The summed E-state index contributed by atoms with van der Waals surface area (Å²) >= 11 is 5.88. The number of hydrogen-bond donors (Lipinski definition) is 2. The van der Waals surface area contributed by atoms with Gasteiger partial charge in [-0.2, -0.15) is 0 Å². The molecule has 1 aromatic carbocycles. The van der Waals surface area contributed by atoms with Crippen molar-refractivity contribution in [1.29, 1.82) is 0 Å². The normalized spacial score (nSPS) is 11.5. The van der Waals surface area contributed by atoms with Crippen molar-refractivity contribution in [2.45, 2.75) is 26.4 Å². The zero-order valence-electron chi connectivity index (χ0n) is 12.6. The molecule has 2 N–H and O–H groups in total. The van der Waals surface area contributed by atoms with Crippen LogP contribution in [0, 0.1) is 0 Å². The largest absolute Gasteiger partial charge is 0.503 e. The van der Waals surface area contributed by atoms with E-state index in [2.05, 4.69) is 5.32 Å². The molecular weight excluding hydrogens is 294 g/mol. The van der Waals surface area contributed by atoms with Crippen molar-refractivity contribution >= 4 is 23.8 Å². The second-order valence-electron chi connectivity index (χ2n) is 5.34. The summed E-state index contributed by atoms with van der Waals surface area (Å²) in [5.74, 6) is 0.199. The second kappa shape index (κ2) is 7.22. The minimum atomic E-state index is -0.522. The highest BCUT2D eigenvalue weighted by Crippen LogP contribution is 2.35. The number of carbonyl (C=O) groups excluding carboxylic acids is 1. The molecule has 1 rings (SSSR count). The number of aromatic hydroxyl groups is 1. The van der Waals surface area contributed by atoms with Gasteiger partial charge in [0.15, 0.2) is 11.5 Å². The summed E-state index contributed by atoms with van der Waals surface area (Å²) in [5.41, 5.74) is 0.228. The molecule has 116 valence electrons. The van der Waals surface area contributed by atoms with E-state index < -0.39 is 11.7 Å². The van der Waals surface area contributed by atoms with Crippen LogP contribution in [0.4, 0.5) is 4.79 Å². The van der Waals surface area contributed by atoms with Crippen molar-refractivity contribution in [3.05, 3.63) is 28.8 Å². The van der Waals surface area contributed by atoms with Crippen LogP contribution in [0.1, 0.15) is 26.3 Å². The summed E-state index contributed by atoms with van der Waals surface area (Å²) in [7, 11) is 1.45. The van der Waals surface area contributed by atoms with Crippen LogP contribution in [0.25, 0.3) is 6.08 Å². The van der Waals surface area contributed by atoms with Crippen LogP contribution in [0.5, 0.6) is 11.5 Å². The summed E-state index contributed by atoms with van der Waals surface area (Å²) in [6.45, 7) is 5.71. The third-order valence-corrected chi connectivity index (χ3v) is 2.63. The molecule has 0 heterocycles. The summed E-state index contributed by atoms with van der Waals surface area (Å²) in [6.07, 6.45) is 3.02. The van der Waals surface area contributed by atoms with Crippen LogP contribution in [0.3, 0.4) is 0 Å². The molecule has 0 aliphatic heterocycles. The first kappa shape index (κ1) is 17.2. The van der Waals surface area contributed by atoms with Crippen molar-refractivity contribution < 1.29 is 19.4 Å². The van der Waals surface area contributed by atoms with Crippen molar-refractivity contribution in [3.8, 4) is 11.5 Å². The van der Waals surface area contributed by atoms with Crippen molar-refractivity contribution in [2.24, 2.45) is 0 Å². The minimum Gasteiger partial charge on any atom is -0.503 e. The molecule has 5 nitrogen and oxygen atoms in total. The lowest BCUT2D eigenvalue weighted by Gasteiger charge is -2.19. The van der Waals surface area contributed by atoms with Crippen LogP contribution in [0.2, 0.25) is 5.02 Å². The second-order valence-corrected chi connectivity index (χ2v) is 5.75. The van der Waals surface area contributed by atoms with E-state index in [0.29, 0.717) is 12.3 Å². The molecule has 0 unspecified atom stereocenters. The number of benzene rings is 1. The van der Waals surface area contributed by atoms with Gasteiger partial charge in [0.2, 0.25) is 0 Å². The van der Waals surface area contributed by atoms with Gasteiger partial charge in [0, 0.05) is 6.54 Å². The average molecular weight is 314 g/mol. The third kappa shape index (κ3) is 5.95. The van der Waals surface area contributed by atoms with Crippen molar-refractivity contribution in [1.82, 2.24) is 5.32 Å². The van der Waals surface area contributed by atoms with Crippen LogP contribution >= 0.6 is 11.6 Å². The van der Waals surface area contributed by atoms with E-state index in [1.165, 1.54) is 7.11 Å². The molecule has 0 spiro atoms. The number of rotatable bonds is 4. The standard InChI is InChI=1S/C15H20ClNO4/c1-15(2,3)21-14(19)17-7-5-6-10-8-11(16)13(18)12(9-10)20-4/h5-6,8-9,18H,7H2,1-4H3,(H,17,19). The topological polar surface area (TPSA) is 67.8 Å². The predicted octanol–water partition coefficient (Wildman–Crippen LogP) is 3.59. The number of alkyl carbamates (subject to hydrolysis) is 1. The molecule has 0 aliphatic rings. The number of carbonyl (C=O) groups is 1. The predicted molar refractivity (Wildman–Crippen MR) is 82.9 cm³/mol. The molecule has 0 saturated heterocycles. The Morgan fingerprint density at radius 3 is 2.67 bits per heavy atom. The lowest BCUT2D eigenvalue weighted by atomic mass is 10.2. The maximum absolute atomic E-state index is 11.4.